The third-order valence-electron chi connectivity index (χ3n) is 2.51. The van der Waals surface area contributed by atoms with Gasteiger partial charge in [-0.25, -0.2) is 19.9 Å². The number of rotatable bonds is 5. The van der Waals surface area contributed by atoms with Crippen molar-refractivity contribution in [1.29, 1.82) is 0 Å². The number of aromatic nitrogens is 4. The topological polar surface area (TPSA) is 63.6 Å². The molecule has 0 unspecified atom stereocenters. The average Bonchev–Trinajstić information content (AvgIpc) is 2.45. The molecule has 2 aromatic heterocycles. The highest BCUT2D eigenvalue weighted by Gasteiger charge is 2.06. The molecule has 0 saturated carbocycles. The number of hydrogen-bond donors (Lipinski definition) is 1. The van der Waals surface area contributed by atoms with Crippen LogP contribution in [-0.2, 0) is 6.42 Å². The molecule has 1 N–H and O–H groups in total. The minimum atomic E-state index is 0.648. The minimum absolute atomic E-state index is 0.648. The van der Waals surface area contributed by atoms with Crippen LogP contribution < -0.4 is 5.32 Å². The Morgan fingerprint density at radius 1 is 1.22 bits per heavy atom. The van der Waals surface area contributed by atoms with Crippen LogP contribution in [-0.4, -0.2) is 26.5 Å². The van der Waals surface area contributed by atoms with Gasteiger partial charge in [-0.15, -0.1) is 0 Å². The van der Waals surface area contributed by atoms with E-state index in [1.165, 1.54) is 6.33 Å². The first-order valence-corrected chi connectivity index (χ1v) is 6.21. The summed E-state index contributed by atoms with van der Waals surface area (Å²) in [5, 5.41) is 3.28. The summed E-state index contributed by atoms with van der Waals surface area (Å²) in [6.45, 7) is 5.11. The van der Waals surface area contributed by atoms with Gasteiger partial charge in [0.25, 0.3) is 0 Å². The molecule has 0 atom stereocenters. The van der Waals surface area contributed by atoms with Crippen molar-refractivity contribution in [1.82, 2.24) is 19.9 Å². The Kier molecular flexibility index (Phi) is 4.17. The van der Waals surface area contributed by atoms with Gasteiger partial charge in [0.05, 0.1) is 0 Å². The zero-order valence-corrected chi connectivity index (χ0v) is 10.7. The van der Waals surface area contributed by atoms with Crippen LogP contribution in [0.25, 0.3) is 11.5 Å². The number of nitrogens with one attached hydrogen (secondary N) is 1. The van der Waals surface area contributed by atoms with Crippen LogP contribution in [0, 0.1) is 0 Å². The van der Waals surface area contributed by atoms with E-state index in [2.05, 4.69) is 39.1 Å². The van der Waals surface area contributed by atoms with Crippen LogP contribution >= 0.6 is 0 Å². The summed E-state index contributed by atoms with van der Waals surface area (Å²) in [4.78, 5) is 17.1. The lowest BCUT2D eigenvalue weighted by Gasteiger charge is -2.08. The molecule has 0 radical (unpaired) electrons. The van der Waals surface area contributed by atoms with Crippen molar-refractivity contribution in [3.63, 3.8) is 0 Å². The van der Waals surface area contributed by atoms with Crippen molar-refractivity contribution in [2.75, 3.05) is 11.9 Å². The summed E-state index contributed by atoms with van der Waals surface area (Å²) in [6.07, 6.45) is 5.15. The first-order chi connectivity index (χ1) is 8.83. The molecule has 5 heteroatoms. The third-order valence-corrected chi connectivity index (χ3v) is 2.51. The standard InChI is InChI=1S/C13H17N5/c1-3-6-15-12-8-10(4-2)17-13(18-12)11-5-7-14-9-16-11/h5,7-9H,3-4,6H2,1-2H3,(H,15,17,18). The van der Waals surface area contributed by atoms with E-state index in [-0.39, 0.29) is 0 Å². The Morgan fingerprint density at radius 2 is 2.11 bits per heavy atom. The molecule has 0 fully saturated rings. The van der Waals surface area contributed by atoms with Crippen LogP contribution in [0.4, 0.5) is 5.82 Å². The van der Waals surface area contributed by atoms with Gasteiger partial charge in [0.15, 0.2) is 5.82 Å². The molecule has 0 aliphatic carbocycles. The number of nitrogens with zero attached hydrogens (tertiary/aromatic N) is 4. The zero-order chi connectivity index (χ0) is 12.8. The Morgan fingerprint density at radius 3 is 2.78 bits per heavy atom. The van der Waals surface area contributed by atoms with Crippen molar-refractivity contribution in [3.8, 4) is 11.5 Å². The van der Waals surface area contributed by atoms with Crippen LogP contribution in [0.15, 0.2) is 24.7 Å². The second-order valence-electron chi connectivity index (χ2n) is 3.94. The highest BCUT2D eigenvalue weighted by atomic mass is 15.0. The molecule has 2 aromatic rings. The van der Waals surface area contributed by atoms with Crippen LogP contribution in [0.1, 0.15) is 26.0 Å². The van der Waals surface area contributed by atoms with Gasteiger partial charge in [0.1, 0.15) is 17.8 Å². The van der Waals surface area contributed by atoms with E-state index < -0.39 is 0 Å². The van der Waals surface area contributed by atoms with E-state index in [1.54, 1.807) is 6.20 Å². The van der Waals surface area contributed by atoms with Gasteiger partial charge in [-0.2, -0.15) is 0 Å². The lowest BCUT2D eigenvalue weighted by Crippen LogP contribution is -2.05. The number of anilines is 1. The minimum Gasteiger partial charge on any atom is -0.370 e. The van der Waals surface area contributed by atoms with E-state index in [0.717, 1.165) is 36.6 Å². The SMILES string of the molecule is CCCNc1cc(CC)nc(-c2ccncn2)n1. The van der Waals surface area contributed by atoms with Gasteiger partial charge in [-0.3, -0.25) is 0 Å². The predicted octanol–water partition coefficient (Wildman–Crippen LogP) is 2.32. The van der Waals surface area contributed by atoms with Gasteiger partial charge in [0.2, 0.25) is 0 Å². The highest BCUT2D eigenvalue weighted by molar-refractivity contribution is 5.52. The molecule has 0 aromatic carbocycles. The maximum Gasteiger partial charge on any atom is 0.180 e. The van der Waals surface area contributed by atoms with Gasteiger partial charge < -0.3 is 5.32 Å². The van der Waals surface area contributed by atoms with E-state index in [0.29, 0.717) is 5.82 Å². The van der Waals surface area contributed by atoms with E-state index in [9.17, 15) is 0 Å². The Bertz CT molecular complexity index is 498. The van der Waals surface area contributed by atoms with E-state index in [1.807, 2.05) is 12.1 Å². The second kappa shape index (κ2) is 6.05. The average molecular weight is 243 g/mol. The van der Waals surface area contributed by atoms with Gasteiger partial charge in [-0.05, 0) is 18.9 Å². The molecule has 94 valence electrons. The molecule has 2 rings (SSSR count). The van der Waals surface area contributed by atoms with Gasteiger partial charge in [0, 0.05) is 24.5 Å². The summed E-state index contributed by atoms with van der Waals surface area (Å²) >= 11 is 0. The van der Waals surface area contributed by atoms with Gasteiger partial charge in [-0.1, -0.05) is 13.8 Å². The number of aryl methyl sites for hydroxylation is 1. The molecule has 0 amide bonds. The van der Waals surface area contributed by atoms with Crippen LogP contribution in [0.2, 0.25) is 0 Å². The Balaban J connectivity index is 2.35. The van der Waals surface area contributed by atoms with E-state index >= 15 is 0 Å². The molecule has 0 aliphatic rings. The lowest BCUT2D eigenvalue weighted by atomic mass is 10.3. The zero-order valence-electron chi connectivity index (χ0n) is 10.7. The van der Waals surface area contributed by atoms with E-state index in [4.69, 9.17) is 0 Å². The second-order valence-corrected chi connectivity index (χ2v) is 3.94. The molecule has 0 aliphatic heterocycles. The molecule has 0 spiro atoms. The normalized spacial score (nSPS) is 10.3. The molecular formula is C13H17N5. The largest absolute Gasteiger partial charge is 0.370 e. The quantitative estimate of drug-likeness (QED) is 0.873. The Hall–Kier alpha value is -2.04. The first kappa shape index (κ1) is 12.4. The number of hydrogen-bond acceptors (Lipinski definition) is 5. The molecular weight excluding hydrogens is 226 g/mol. The highest BCUT2D eigenvalue weighted by Crippen LogP contribution is 2.15. The van der Waals surface area contributed by atoms with Gasteiger partial charge >= 0.3 is 0 Å². The maximum absolute atomic E-state index is 4.49. The van der Waals surface area contributed by atoms with Crippen molar-refractivity contribution >= 4 is 5.82 Å². The van der Waals surface area contributed by atoms with Crippen LogP contribution in [0.3, 0.4) is 0 Å². The molecule has 0 bridgehead atoms. The summed E-state index contributed by atoms with van der Waals surface area (Å²) in [6, 6.07) is 3.80. The van der Waals surface area contributed by atoms with Crippen LogP contribution in [0.5, 0.6) is 0 Å². The Labute approximate surface area is 107 Å². The maximum atomic E-state index is 4.49. The summed E-state index contributed by atoms with van der Waals surface area (Å²) < 4.78 is 0. The lowest BCUT2D eigenvalue weighted by molar-refractivity contribution is 0.948. The molecule has 5 nitrogen and oxygen atoms in total. The fourth-order valence-electron chi connectivity index (χ4n) is 1.56. The summed E-state index contributed by atoms with van der Waals surface area (Å²) in [5.74, 6) is 1.51. The van der Waals surface area contributed by atoms with Crippen molar-refractivity contribution in [2.24, 2.45) is 0 Å². The smallest absolute Gasteiger partial charge is 0.180 e. The fraction of sp³-hybridized carbons (Fsp3) is 0.385. The molecule has 0 saturated heterocycles. The first-order valence-electron chi connectivity index (χ1n) is 6.21. The summed E-state index contributed by atoms with van der Waals surface area (Å²) in [7, 11) is 0. The van der Waals surface area contributed by atoms with Crippen molar-refractivity contribution in [2.45, 2.75) is 26.7 Å². The fourth-order valence-corrected chi connectivity index (χ4v) is 1.56. The monoisotopic (exact) mass is 243 g/mol. The van der Waals surface area contributed by atoms with Crippen molar-refractivity contribution in [3.05, 3.63) is 30.4 Å². The summed E-state index contributed by atoms with van der Waals surface area (Å²) in [5.41, 5.74) is 1.76. The molecule has 18 heavy (non-hydrogen) atoms. The third kappa shape index (κ3) is 3.00. The molecule has 2 heterocycles. The van der Waals surface area contributed by atoms with Crippen molar-refractivity contribution < 1.29 is 0 Å². The predicted molar refractivity (Wildman–Crippen MR) is 71.2 cm³/mol.